The van der Waals surface area contributed by atoms with E-state index in [1.807, 2.05) is 0 Å². The molecule has 0 bridgehead atoms. The Morgan fingerprint density at radius 2 is 1.75 bits per heavy atom. The number of rotatable bonds is 6. The summed E-state index contributed by atoms with van der Waals surface area (Å²) < 4.78 is 5.57. The van der Waals surface area contributed by atoms with Gasteiger partial charge < -0.3 is 15.4 Å². The van der Waals surface area contributed by atoms with Crippen LogP contribution in [0, 0.1) is 5.92 Å². The van der Waals surface area contributed by atoms with Gasteiger partial charge in [0.05, 0.1) is 6.61 Å². The Hall–Kier alpha value is -2.04. The van der Waals surface area contributed by atoms with Crippen LogP contribution in [-0.2, 0) is 9.59 Å². The second kappa shape index (κ2) is 9.30. The summed E-state index contributed by atoms with van der Waals surface area (Å²) in [7, 11) is 0. The Kier molecular flexibility index (Phi) is 7.09. The van der Waals surface area contributed by atoms with Gasteiger partial charge in [-0.15, -0.1) is 0 Å². The summed E-state index contributed by atoms with van der Waals surface area (Å²) in [4.78, 5) is 24.0. The maximum absolute atomic E-state index is 12.0. The molecule has 1 aliphatic rings. The fourth-order valence-corrected chi connectivity index (χ4v) is 2.81. The smallest absolute Gasteiger partial charge is 0.313 e. The van der Waals surface area contributed by atoms with Crippen LogP contribution in [0.4, 0.5) is 5.69 Å². The number of amides is 2. The number of benzene rings is 1. The van der Waals surface area contributed by atoms with Crippen molar-refractivity contribution >= 4 is 17.5 Å². The van der Waals surface area contributed by atoms with Gasteiger partial charge in [0.2, 0.25) is 0 Å². The maximum atomic E-state index is 12.0. The molecule has 5 heteroatoms. The van der Waals surface area contributed by atoms with E-state index in [1.165, 1.54) is 0 Å². The van der Waals surface area contributed by atoms with E-state index in [2.05, 4.69) is 24.5 Å². The van der Waals surface area contributed by atoms with Crippen molar-refractivity contribution in [3.63, 3.8) is 0 Å². The van der Waals surface area contributed by atoms with Gasteiger partial charge in [0.1, 0.15) is 5.75 Å². The van der Waals surface area contributed by atoms with Gasteiger partial charge in [0, 0.05) is 11.7 Å². The number of unbranched alkanes of at least 4 members (excludes halogenated alkanes) is 1. The second-order valence-corrected chi connectivity index (χ2v) is 6.61. The van der Waals surface area contributed by atoms with Crippen LogP contribution in [0.1, 0.15) is 52.4 Å². The van der Waals surface area contributed by atoms with Crippen LogP contribution in [0.2, 0.25) is 0 Å². The van der Waals surface area contributed by atoms with E-state index in [4.69, 9.17) is 4.74 Å². The highest BCUT2D eigenvalue weighted by atomic mass is 16.5. The predicted molar refractivity (Wildman–Crippen MR) is 95.0 cm³/mol. The first-order valence-electron chi connectivity index (χ1n) is 8.93. The highest BCUT2D eigenvalue weighted by Crippen LogP contribution is 2.23. The van der Waals surface area contributed by atoms with Gasteiger partial charge in [-0.25, -0.2) is 0 Å². The lowest BCUT2D eigenvalue weighted by Gasteiger charge is -2.26. The lowest BCUT2D eigenvalue weighted by atomic mass is 9.87. The van der Waals surface area contributed by atoms with E-state index < -0.39 is 11.8 Å². The third kappa shape index (κ3) is 5.87. The average molecular weight is 332 g/mol. The van der Waals surface area contributed by atoms with Gasteiger partial charge in [0.25, 0.3) is 0 Å². The summed E-state index contributed by atoms with van der Waals surface area (Å²) in [6.07, 6.45) is 6.20. The summed E-state index contributed by atoms with van der Waals surface area (Å²) >= 11 is 0. The van der Waals surface area contributed by atoms with E-state index in [1.54, 1.807) is 24.3 Å². The Labute approximate surface area is 144 Å². The van der Waals surface area contributed by atoms with E-state index in [0.717, 1.165) is 44.3 Å². The third-order valence-electron chi connectivity index (χ3n) is 4.44. The molecular formula is C19H28N2O3. The summed E-state index contributed by atoms with van der Waals surface area (Å²) in [5.41, 5.74) is 0.593. The van der Waals surface area contributed by atoms with Crippen LogP contribution < -0.4 is 15.4 Å². The SMILES string of the molecule is CCCCOc1ccc(NC(=O)C(=O)NC2CCC(C)CC2)cc1. The molecule has 1 fully saturated rings. The van der Waals surface area contributed by atoms with E-state index in [-0.39, 0.29) is 6.04 Å². The zero-order chi connectivity index (χ0) is 17.4. The minimum Gasteiger partial charge on any atom is -0.494 e. The Morgan fingerprint density at radius 1 is 1.08 bits per heavy atom. The van der Waals surface area contributed by atoms with Crippen LogP contribution in [0.5, 0.6) is 5.75 Å². The normalized spacial score (nSPS) is 20.2. The first-order chi connectivity index (χ1) is 11.6. The molecule has 5 nitrogen and oxygen atoms in total. The Bertz CT molecular complexity index is 534. The largest absolute Gasteiger partial charge is 0.494 e. The summed E-state index contributed by atoms with van der Waals surface area (Å²) in [6.45, 7) is 5.02. The van der Waals surface area contributed by atoms with E-state index in [0.29, 0.717) is 18.2 Å². The molecule has 132 valence electrons. The molecule has 0 unspecified atom stereocenters. The van der Waals surface area contributed by atoms with Crippen molar-refractivity contribution in [3.8, 4) is 5.75 Å². The molecule has 0 spiro atoms. The van der Waals surface area contributed by atoms with Crippen molar-refractivity contribution in [1.82, 2.24) is 5.32 Å². The molecule has 0 aromatic heterocycles. The molecule has 0 atom stereocenters. The molecule has 1 aromatic rings. The number of carbonyl (C=O) groups excluding carboxylic acids is 2. The molecule has 0 saturated heterocycles. The lowest BCUT2D eigenvalue weighted by Crippen LogP contribution is -2.43. The molecule has 2 N–H and O–H groups in total. The van der Waals surface area contributed by atoms with Gasteiger partial charge in [-0.3, -0.25) is 9.59 Å². The zero-order valence-electron chi connectivity index (χ0n) is 14.6. The van der Waals surface area contributed by atoms with Crippen molar-refractivity contribution in [1.29, 1.82) is 0 Å². The topological polar surface area (TPSA) is 67.4 Å². The summed E-state index contributed by atoms with van der Waals surface area (Å²) in [5, 5.41) is 5.46. The quantitative estimate of drug-likeness (QED) is 0.619. The Morgan fingerprint density at radius 3 is 2.38 bits per heavy atom. The van der Waals surface area contributed by atoms with Gasteiger partial charge in [0.15, 0.2) is 0 Å². The van der Waals surface area contributed by atoms with Crippen molar-refractivity contribution in [2.24, 2.45) is 5.92 Å². The summed E-state index contributed by atoms with van der Waals surface area (Å²) in [5.74, 6) is 0.304. The standard InChI is InChI=1S/C19H28N2O3/c1-3-4-13-24-17-11-9-16(10-12-17)21-19(23)18(22)20-15-7-5-14(2)6-8-15/h9-12,14-15H,3-8,13H2,1-2H3,(H,20,22)(H,21,23). The van der Waals surface area contributed by atoms with Crippen LogP contribution in [0.25, 0.3) is 0 Å². The molecule has 24 heavy (non-hydrogen) atoms. The minimum atomic E-state index is -0.617. The van der Waals surface area contributed by atoms with Gasteiger partial charge in [-0.2, -0.15) is 0 Å². The van der Waals surface area contributed by atoms with E-state index >= 15 is 0 Å². The lowest BCUT2D eigenvalue weighted by molar-refractivity contribution is -0.136. The molecule has 1 aromatic carbocycles. The fraction of sp³-hybridized carbons (Fsp3) is 0.579. The van der Waals surface area contributed by atoms with Crippen molar-refractivity contribution in [2.45, 2.75) is 58.4 Å². The van der Waals surface area contributed by atoms with Crippen LogP contribution in [-0.4, -0.2) is 24.5 Å². The molecule has 0 aliphatic heterocycles. The first-order valence-corrected chi connectivity index (χ1v) is 8.93. The molecule has 0 heterocycles. The number of ether oxygens (including phenoxy) is 1. The average Bonchev–Trinajstić information content (AvgIpc) is 2.58. The predicted octanol–water partition coefficient (Wildman–Crippen LogP) is 3.50. The first kappa shape index (κ1) is 18.3. The number of carbonyl (C=O) groups is 2. The highest BCUT2D eigenvalue weighted by Gasteiger charge is 2.22. The molecular weight excluding hydrogens is 304 g/mol. The molecule has 2 rings (SSSR count). The fourth-order valence-electron chi connectivity index (χ4n) is 2.81. The van der Waals surface area contributed by atoms with Gasteiger partial charge >= 0.3 is 11.8 Å². The van der Waals surface area contributed by atoms with Crippen molar-refractivity contribution in [2.75, 3.05) is 11.9 Å². The second-order valence-electron chi connectivity index (χ2n) is 6.61. The van der Waals surface area contributed by atoms with Crippen molar-refractivity contribution < 1.29 is 14.3 Å². The number of anilines is 1. The number of nitrogens with one attached hydrogen (secondary N) is 2. The highest BCUT2D eigenvalue weighted by molar-refractivity contribution is 6.39. The van der Waals surface area contributed by atoms with Crippen LogP contribution in [0.15, 0.2) is 24.3 Å². The maximum Gasteiger partial charge on any atom is 0.313 e. The number of hydrogen-bond acceptors (Lipinski definition) is 3. The van der Waals surface area contributed by atoms with Gasteiger partial charge in [-0.1, -0.05) is 20.3 Å². The van der Waals surface area contributed by atoms with Gasteiger partial charge in [-0.05, 0) is 62.3 Å². The van der Waals surface area contributed by atoms with E-state index in [9.17, 15) is 9.59 Å². The zero-order valence-corrected chi connectivity index (χ0v) is 14.6. The molecule has 2 amide bonds. The molecule has 0 radical (unpaired) electrons. The van der Waals surface area contributed by atoms with Crippen LogP contribution in [0.3, 0.4) is 0 Å². The number of hydrogen-bond donors (Lipinski definition) is 2. The Balaban J connectivity index is 1.77. The minimum absolute atomic E-state index is 0.119. The molecule has 1 saturated carbocycles. The monoisotopic (exact) mass is 332 g/mol. The molecule has 1 aliphatic carbocycles. The summed E-state index contributed by atoms with van der Waals surface area (Å²) in [6, 6.07) is 7.20. The third-order valence-corrected chi connectivity index (χ3v) is 4.44. The van der Waals surface area contributed by atoms with Crippen molar-refractivity contribution in [3.05, 3.63) is 24.3 Å². The van der Waals surface area contributed by atoms with Crippen LogP contribution >= 0.6 is 0 Å².